The summed E-state index contributed by atoms with van der Waals surface area (Å²) >= 11 is 3.19. The van der Waals surface area contributed by atoms with Crippen LogP contribution in [0.25, 0.3) is 0 Å². The Morgan fingerprint density at radius 3 is 2.70 bits per heavy atom. The van der Waals surface area contributed by atoms with Crippen molar-refractivity contribution in [3.8, 4) is 5.75 Å². The normalized spacial score (nSPS) is 14.9. The molecule has 1 amide bonds. The van der Waals surface area contributed by atoms with E-state index in [9.17, 15) is 13.2 Å². The number of rotatable bonds is 6. The molecular weight excluding hydrogens is 348 g/mol. The first-order valence-electron chi connectivity index (χ1n) is 6.08. The van der Waals surface area contributed by atoms with Crippen molar-refractivity contribution in [1.29, 1.82) is 0 Å². The molecule has 0 spiro atoms. The first kappa shape index (κ1) is 15.3. The van der Waals surface area contributed by atoms with Gasteiger partial charge in [0.1, 0.15) is 5.75 Å². The van der Waals surface area contributed by atoms with E-state index in [4.69, 9.17) is 9.88 Å². The minimum Gasteiger partial charge on any atom is -0.483 e. The maximum atomic E-state index is 11.5. The molecular formula is C12H15BrN2O4S. The van der Waals surface area contributed by atoms with E-state index in [-0.39, 0.29) is 17.4 Å². The maximum Gasteiger partial charge on any atom is 0.257 e. The number of nitrogens with two attached hydrogens (primary N) is 1. The lowest BCUT2D eigenvalue weighted by molar-refractivity contribution is -0.123. The smallest absolute Gasteiger partial charge is 0.257 e. The molecule has 2 rings (SSSR count). The van der Waals surface area contributed by atoms with Crippen molar-refractivity contribution in [2.24, 2.45) is 11.1 Å². The Morgan fingerprint density at radius 1 is 1.45 bits per heavy atom. The van der Waals surface area contributed by atoms with Gasteiger partial charge in [-0.05, 0) is 52.9 Å². The van der Waals surface area contributed by atoms with Crippen LogP contribution in [0, 0.1) is 5.92 Å². The largest absolute Gasteiger partial charge is 0.483 e. The number of carbonyl (C=O) groups excluding carboxylic acids is 1. The number of hydrogen-bond acceptors (Lipinski definition) is 4. The van der Waals surface area contributed by atoms with Crippen molar-refractivity contribution in [3.63, 3.8) is 0 Å². The molecule has 20 heavy (non-hydrogen) atoms. The zero-order chi connectivity index (χ0) is 14.8. The Morgan fingerprint density at radius 2 is 2.15 bits per heavy atom. The van der Waals surface area contributed by atoms with Gasteiger partial charge in [-0.3, -0.25) is 4.79 Å². The van der Waals surface area contributed by atoms with Crippen LogP contribution in [0.4, 0.5) is 0 Å². The summed E-state index contributed by atoms with van der Waals surface area (Å²) in [6, 6.07) is 4.13. The molecule has 8 heteroatoms. The van der Waals surface area contributed by atoms with Crippen LogP contribution in [0.2, 0.25) is 0 Å². The van der Waals surface area contributed by atoms with E-state index >= 15 is 0 Å². The van der Waals surface area contributed by atoms with Crippen molar-refractivity contribution in [1.82, 2.24) is 5.32 Å². The minimum atomic E-state index is -3.75. The number of nitrogens with one attached hydrogen (secondary N) is 1. The van der Waals surface area contributed by atoms with Crippen molar-refractivity contribution in [2.75, 3.05) is 13.2 Å². The van der Waals surface area contributed by atoms with E-state index in [1.54, 1.807) is 0 Å². The molecule has 0 radical (unpaired) electrons. The molecule has 0 heterocycles. The zero-order valence-electron chi connectivity index (χ0n) is 10.6. The highest BCUT2D eigenvalue weighted by molar-refractivity contribution is 9.10. The maximum absolute atomic E-state index is 11.5. The van der Waals surface area contributed by atoms with Crippen molar-refractivity contribution >= 4 is 31.9 Å². The Bertz CT molecular complexity index is 614. The molecule has 1 aliphatic rings. The van der Waals surface area contributed by atoms with Gasteiger partial charge in [0.25, 0.3) is 5.91 Å². The van der Waals surface area contributed by atoms with Gasteiger partial charge < -0.3 is 10.1 Å². The summed E-state index contributed by atoms with van der Waals surface area (Å²) in [6.07, 6.45) is 2.34. The van der Waals surface area contributed by atoms with Gasteiger partial charge in [-0.1, -0.05) is 0 Å². The molecule has 1 aliphatic carbocycles. The monoisotopic (exact) mass is 362 g/mol. The van der Waals surface area contributed by atoms with Gasteiger partial charge in [-0.25, -0.2) is 13.6 Å². The molecule has 3 N–H and O–H groups in total. The fourth-order valence-corrected chi connectivity index (χ4v) is 2.73. The quantitative estimate of drug-likeness (QED) is 0.788. The molecule has 1 aromatic carbocycles. The Labute approximate surface area is 125 Å². The van der Waals surface area contributed by atoms with E-state index in [1.165, 1.54) is 31.0 Å². The first-order chi connectivity index (χ1) is 9.36. The van der Waals surface area contributed by atoms with E-state index < -0.39 is 10.0 Å². The van der Waals surface area contributed by atoms with Crippen molar-refractivity contribution < 1.29 is 17.9 Å². The molecule has 1 saturated carbocycles. The number of ether oxygens (including phenoxy) is 1. The summed E-state index contributed by atoms with van der Waals surface area (Å²) in [5.41, 5.74) is 0. The average molecular weight is 363 g/mol. The molecule has 1 aromatic rings. The highest BCUT2D eigenvalue weighted by Crippen LogP contribution is 2.28. The van der Waals surface area contributed by atoms with Crippen LogP contribution in [-0.4, -0.2) is 27.5 Å². The van der Waals surface area contributed by atoms with Crippen LogP contribution in [-0.2, 0) is 14.8 Å². The van der Waals surface area contributed by atoms with Gasteiger partial charge >= 0.3 is 0 Å². The van der Waals surface area contributed by atoms with E-state index in [0.717, 1.165) is 0 Å². The summed E-state index contributed by atoms with van der Waals surface area (Å²) in [6.45, 7) is 0.577. The molecule has 0 aromatic heterocycles. The number of primary sulfonamides is 1. The van der Waals surface area contributed by atoms with Gasteiger partial charge in [0, 0.05) is 6.54 Å². The highest BCUT2D eigenvalue weighted by Gasteiger charge is 2.21. The third kappa shape index (κ3) is 4.46. The van der Waals surface area contributed by atoms with Crippen molar-refractivity contribution in [3.05, 3.63) is 22.7 Å². The van der Waals surface area contributed by atoms with Crippen LogP contribution in [0.5, 0.6) is 5.75 Å². The summed E-state index contributed by atoms with van der Waals surface area (Å²) in [7, 11) is -3.75. The lowest BCUT2D eigenvalue weighted by Crippen LogP contribution is -2.30. The topological polar surface area (TPSA) is 98.5 Å². The van der Waals surface area contributed by atoms with Crippen LogP contribution >= 0.6 is 15.9 Å². The number of halogens is 1. The first-order valence-corrected chi connectivity index (χ1v) is 8.42. The second-order valence-electron chi connectivity index (χ2n) is 4.67. The van der Waals surface area contributed by atoms with Gasteiger partial charge in [0.05, 0.1) is 9.37 Å². The predicted molar refractivity (Wildman–Crippen MR) is 76.7 cm³/mol. The summed E-state index contributed by atoms with van der Waals surface area (Å²) in [4.78, 5) is 11.5. The van der Waals surface area contributed by atoms with E-state index in [1.807, 2.05) is 0 Å². The third-order valence-electron chi connectivity index (χ3n) is 2.88. The Balaban J connectivity index is 1.90. The lowest BCUT2D eigenvalue weighted by atomic mass is 10.3. The van der Waals surface area contributed by atoms with Gasteiger partial charge in [0.2, 0.25) is 10.0 Å². The van der Waals surface area contributed by atoms with Gasteiger partial charge in [0.15, 0.2) is 6.61 Å². The Hall–Kier alpha value is -1.12. The van der Waals surface area contributed by atoms with E-state index in [0.29, 0.717) is 22.7 Å². The number of hydrogen-bond donors (Lipinski definition) is 2. The predicted octanol–water partition coefficient (Wildman–Crippen LogP) is 1.00. The lowest BCUT2D eigenvalue weighted by Gasteiger charge is -2.09. The summed E-state index contributed by atoms with van der Waals surface area (Å²) < 4.78 is 28.1. The molecule has 0 bridgehead atoms. The standard InChI is InChI=1S/C12H15BrN2O4S/c13-10-5-9(20(14,17)18)3-4-11(10)19-7-12(16)15-6-8-1-2-8/h3-5,8H,1-2,6-7H2,(H,15,16)(H2,14,17,18). The van der Waals surface area contributed by atoms with Crippen LogP contribution in [0.1, 0.15) is 12.8 Å². The van der Waals surface area contributed by atoms with Gasteiger partial charge in [-0.15, -0.1) is 0 Å². The molecule has 0 saturated heterocycles. The summed E-state index contributed by atoms with van der Waals surface area (Å²) in [5.74, 6) is 0.804. The average Bonchev–Trinajstić information content (AvgIpc) is 3.17. The SMILES string of the molecule is NS(=O)(=O)c1ccc(OCC(=O)NCC2CC2)c(Br)c1. The van der Waals surface area contributed by atoms with E-state index in [2.05, 4.69) is 21.2 Å². The highest BCUT2D eigenvalue weighted by atomic mass is 79.9. The molecule has 1 fully saturated rings. The minimum absolute atomic E-state index is 0.0186. The van der Waals surface area contributed by atoms with Crippen LogP contribution in [0.15, 0.2) is 27.6 Å². The molecule has 0 aliphatic heterocycles. The second kappa shape index (κ2) is 6.11. The second-order valence-corrected chi connectivity index (χ2v) is 7.09. The number of benzene rings is 1. The van der Waals surface area contributed by atoms with Crippen molar-refractivity contribution in [2.45, 2.75) is 17.7 Å². The van der Waals surface area contributed by atoms with Crippen LogP contribution in [0.3, 0.4) is 0 Å². The fourth-order valence-electron chi connectivity index (χ4n) is 1.55. The Kier molecular flexibility index (Phi) is 4.66. The summed E-state index contributed by atoms with van der Waals surface area (Å²) in [5, 5.41) is 7.79. The number of sulfonamides is 1. The third-order valence-corrected chi connectivity index (χ3v) is 4.41. The van der Waals surface area contributed by atoms with Gasteiger partial charge in [-0.2, -0.15) is 0 Å². The zero-order valence-corrected chi connectivity index (χ0v) is 13.0. The molecule has 0 unspecified atom stereocenters. The number of carbonyl (C=O) groups is 1. The number of amides is 1. The molecule has 6 nitrogen and oxygen atoms in total. The fraction of sp³-hybridized carbons (Fsp3) is 0.417. The molecule has 110 valence electrons. The molecule has 0 atom stereocenters. The van der Waals surface area contributed by atoms with Crippen LogP contribution < -0.4 is 15.2 Å².